The summed E-state index contributed by atoms with van der Waals surface area (Å²) < 4.78 is 5.53. The van der Waals surface area contributed by atoms with E-state index in [9.17, 15) is 9.59 Å². The van der Waals surface area contributed by atoms with Gasteiger partial charge in [-0.05, 0) is 42.5 Å². The summed E-state index contributed by atoms with van der Waals surface area (Å²) in [5, 5.41) is 6.33. The van der Waals surface area contributed by atoms with Gasteiger partial charge in [0, 0.05) is 32.1 Å². The normalized spacial score (nSPS) is 11.2. The summed E-state index contributed by atoms with van der Waals surface area (Å²) in [4.78, 5) is 29.1. The van der Waals surface area contributed by atoms with Gasteiger partial charge in [0.1, 0.15) is 11.4 Å². The van der Waals surface area contributed by atoms with Gasteiger partial charge in [-0.15, -0.1) is 0 Å². The van der Waals surface area contributed by atoms with Gasteiger partial charge in [0.05, 0.1) is 27.3 Å². The second-order valence-corrected chi connectivity index (χ2v) is 9.93. The minimum absolute atomic E-state index is 0.158. The van der Waals surface area contributed by atoms with Crippen molar-refractivity contribution in [3.05, 3.63) is 122 Å². The largest absolute Gasteiger partial charge is 0.422 e. The first-order chi connectivity index (χ1) is 18.8. The molecule has 0 radical (unpaired) electrons. The van der Waals surface area contributed by atoms with E-state index in [1.54, 1.807) is 48.5 Å². The number of carbonyl (C=O) groups is 2. The Morgan fingerprint density at radius 1 is 0.821 bits per heavy atom. The third kappa shape index (κ3) is 5.65. The Morgan fingerprint density at radius 3 is 2.36 bits per heavy atom. The van der Waals surface area contributed by atoms with Crippen molar-refractivity contribution in [1.29, 1.82) is 0 Å². The zero-order valence-corrected chi connectivity index (χ0v) is 22.9. The molecule has 0 aliphatic rings. The number of carbonyl (C=O) groups excluding carboxylic acids is 2. The first-order valence-corrected chi connectivity index (χ1v) is 13.0. The number of rotatable bonds is 6. The lowest BCUT2D eigenvalue weighted by Crippen LogP contribution is -2.19. The minimum atomic E-state index is -0.666. The molecule has 0 aliphatic carbocycles. The zero-order valence-electron chi connectivity index (χ0n) is 19.8. The standard InChI is InChI=1S/C29H17Cl4N3O3/c30-17-12-13-19(23(33)14-17)29(38)39-24-11-4-1-6-16(24)15-34-36-28(37)27-25(18-7-2-3-9-21(18)31)20-8-5-10-22(32)26(20)35-27/h1-15,35H,(H,36,37). The van der Waals surface area contributed by atoms with Crippen LogP contribution in [0.2, 0.25) is 20.1 Å². The molecule has 0 atom stereocenters. The number of benzene rings is 4. The quantitative estimate of drug-likeness (QED) is 0.0892. The van der Waals surface area contributed by atoms with Crippen molar-refractivity contribution in [3.63, 3.8) is 0 Å². The number of amides is 1. The van der Waals surface area contributed by atoms with Crippen LogP contribution in [0.5, 0.6) is 5.75 Å². The molecule has 0 saturated carbocycles. The van der Waals surface area contributed by atoms with E-state index in [4.69, 9.17) is 51.1 Å². The van der Waals surface area contributed by atoms with Gasteiger partial charge in [0.15, 0.2) is 0 Å². The zero-order chi connectivity index (χ0) is 27.5. The van der Waals surface area contributed by atoms with Crippen LogP contribution < -0.4 is 10.2 Å². The maximum absolute atomic E-state index is 13.3. The summed E-state index contributed by atoms with van der Waals surface area (Å²) >= 11 is 24.9. The third-order valence-electron chi connectivity index (χ3n) is 5.80. The van der Waals surface area contributed by atoms with Crippen molar-refractivity contribution in [2.24, 2.45) is 5.10 Å². The number of hydrazone groups is 1. The highest BCUT2D eigenvalue weighted by molar-refractivity contribution is 6.37. The van der Waals surface area contributed by atoms with Gasteiger partial charge in [-0.1, -0.05) is 88.9 Å². The summed E-state index contributed by atoms with van der Waals surface area (Å²) in [5.74, 6) is -0.961. The van der Waals surface area contributed by atoms with Crippen LogP contribution in [0.25, 0.3) is 22.0 Å². The van der Waals surface area contributed by atoms with Gasteiger partial charge >= 0.3 is 5.97 Å². The molecule has 0 fully saturated rings. The number of para-hydroxylation sites is 2. The lowest BCUT2D eigenvalue weighted by Gasteiger charge is -2.09. The molecule has 2 N–H and O–H groups in total. The molecule has 10 heteroatoms. The van der Waals surface area contributed by atoms with Crippen LogP contribution in [0.3, 0.4) is 0 Å². The van der Waals surface area contributed by atoms with Crippen LogP contribution in [-0.4, -0.2) is 23.1 Å². The number of esters is 1. The molecule has 1 aromatic heterocycles. The Labute approximate surface area is 243 Å². The van der Waals surface area contributed by atoms with Crippen molar-refractivity contribution < 1.29 is 14.3 Å². The fourth-order valence-electron chi connectivity index (χ4n) is 4.00. The third-order valence-corrected chi connectivity index (χ3v) is 6.99. The van der Waals surface area contributed by atoms with E-state index in [0.29, 0.717) is 37.3 Å². The molecule has 5 aromatic rings. The summed E-state index contributed by atoms with van der Waals surface area (Å²) in [6.07, 6.45) is 1.37. The highest BCUT2D eigenvalue weighted by atomic mass is 35.5. The minimum Gasteiger partial charge on any atom is -0.422 e. The van der Waals surface area contributed by atoms with Crippen molar-refractivity contribution in [1.82, 2.24) is 10.4 Å². The van der Waals surface area contributed by atoms with Crippen LogP contribution in [0.15, 0.2) is 90.0 Å². The van der Waals surface area contributed by atoms with Crippen molar-refractivity contribution >= 4 is 75.4 Å². The second-order valence-electron chi connectivity index (χ2n) is 8.27. The maximum atomic E-state index is 13.3. The summed E-state index contributed by atoms with van der Waals surface area (Å²) in [7, 11) is 0. The number of nitrogens with zero attached hydrogens (tertiary/aromatic N) is 1. The van der Waals surface area contributed by atoms with E-state index >= 15 is 0 Å². The summed E-state index contributed by atoms with van der Waals surface area (Å²) in [6.45, 7) is 0. The SMILES string of the molecule is O=C(Oc1ccccc1C=NNC(=O)c1[nH]c2c(Cl)cccc2c1-c1ccccc1Cl)c1ccc(Cl)cc1Cl. The lowest BCUT2D eigenvalue weighted by molar-refractivity contribution is 0.0734. The first kappa shape index (κ1) is 26.8. The van der Waals surface area contributed by atoms with E-state index in [1.807, 2.05) is 24.3 Å². The lowest BCUT2D eigenvalue weighted by atomic mass is 10.0. The molecular weight excluding hydrogens is 580 g/mol. The number of hydrogen-bond acceptors (Lipinski definition) is 4. The van der Waals surface area contributed by atoms with Crippen LogP contribution >= 0.6 is 46.4 Å². The Kier molecular flexibility index (Phi) is 7.91. The Hall–Kier alpha value is -3.81. The van der Waals surface area contributed by atoms with Crippen molar-refractivity contribution in [2.45, 2.75) is 0 Å². The highest BCUT2D eigenvalue weighted by Gasteiger charge is 2.22. The van der Waals surface area contributed by atoms with Crippen LogP contribution in [0, 0.1) is 0 Å². The molecule has 39 heavy (non-hydrogen) atoms. The van der Waals surface area contributed by atoms with E-state index in [2.05, 4.69) is 15.5 Å². The average Bonchev–Trinajstić information content (AvgIpc) is 3.31. The number of aromatic amines is 1. The highest BCUT2D eigenvalue weighted by Crippen LogP contribution is 2.38. The number of ether oxygens (including phenoxy) is 1. The fraction of sp³-hybridized carbons (Fsp3) is 0. The Bertz CT molecular complexity index is 1760. The van der Waals surface area contributed by atoms with E-state index < -0.39 is 11.9 Å². The topological polar surface area (TPSA) is 83.5 Å². The predicted octanol–water partition coefficient (Wildman–Crippen LogP) is 8.43. The van der Waals surface area contributed by atoms with Crippen molar-refractivity contribution in [2.75, 3.05) is 0 Å². The first-order valence-electron chi connectivity index (χ1n) is 11.5. The summed E-state index contributed by atoms with van der Waals surface area (Å²) in [5.41, 5.74) is 5.23. The van der Waals surface area contributed by atoms with Crippen LogP contribution in [-0.2, 0) is 0 Å². The van der Waals surface area contributed by atoms with Crippen LogP contribution in [0.1, 0.15) is 26.4 Å². The van der Waals surface area contributed by atoms with Gasteiger partial charge in [0.25, 0.3) is 5.91 Å². The molecule has 0 saturated heterocycles. The molecule has 0 bridgehead atoms. The molecule has 6 nitrogen and oxygen atoms in total. The molecule has 1 heterocycles. The fourth-order valence-corrected chi connectivity index (χ4v) is 4.94. The number of H-pyrrole nitrogens is 1. The van der Waals surface area contributed by atoms with Crippen LogP contribution in [0.4, 0.5) is 0 Å². The monoisotopic (exact) mass is 595 g/mol. The molecule has 4 aromatic carbocycles. The molecule has 0 spiro atoms. The van der Waals surface area contributed by atoms with Gasteiger partial charge in [-0.3, -0.25) is 4.79 Å². The molecule has 1 amide bonds. The van der Waals surface area contributed by atoms with Crippen molar-refractivity contribution in [3.8, 4) is 16.9 Å². The predicted molar refractivity (Wildman–Crippen MR) is 157 cm³/mol. The summed E-state index contributed by atoms with van der Waals surface area (Å²) in [6, 6.07) is 23.8. The van der Waals surface area contributed by atoms with E-state index in [-0.39, 0.29) is 22.0 Å². The van der Waals surface area contributed by atoms with Gasteiger partial charge in [0.2, 0.25) is 0 Å². The number of hydrogen-bond donors (Lipinski definition) is 2. The van der Waals surface area contributed by atoms with E-state index in [1.165, 1.54) is 18.3 Å². The van der Waals surface area contributed by atoms with E-state index in [0.717, 1.165) is 5.39 Å². The number of nitrogens with one attached hydrogen (secondary N) is 2. The second kappa shape index (κ2) is 11.5. The average molecular weight is 597 g/mol. The Balaban J connectivity index is 1.41. The molecule has 194 valence electrons. The maximum Gasteiger partial charge on any atom is 0.345 e. The number of aromatic nitrogens is 1. The molecule has 0 unspecified atom stereocenters. The van der Waals surface area contributed by atoms with Gasteiger partial charge < -0.3 is 9.72 Å². The molecule has 5 rings (SSSR count). The Morgan fingerprint density at radius 2 is 1.56 bits per heavy atom. The number of halogens is 4. The number of fused-ring (bicyclic) bond motifs is 1. The molecule has 0 aliphatic heterocycles. The smallest absolute Gasteiger partial charge is 0.345 e. The van der Waals surface area contributed by atoms with Gasteiger partial charge in [-0.2, -0.15) is 5.10 Å². The van der Waals surface area contributed by atoms with Gasteiger partial charge in [-0.25, -0.2) is 10.2 Å². The molecular formula is C29H17Cl4N3O3.